The molecule has 3 rings (SSSR count). The maximum atomic E-state index is 12.9. The fraction of sp³-hybridized carbons (Fsp3) is 0.211. The van der Waals surface area contributed by atoms with Crippen molar-refractivity contribution in [3.05, 3.63) is 59.9 Å². The van der Waals surface area contributed by atoms with Crippen molar-refractivity contribution in [1.29, 1.82) is 0 Å². The van der Waals surface area contributed by atoms with Crippen molar-refractivity contribution in [3.8, 4) is 0 Å². The zero-order valence-corrected chi connectivity index (χ0v) is 15.0. The normalized spacial score (nSPS) is 15.9. The van der Waals surface area contributed by atoms with Gasteiger partial charge >= 0.3 is 11.9 Å². The average Bonchev–Trinajstić information content (AvgIpc) is 3.07. The molecule has 1 atom stereocenters. The second kappa shape index (κ2) is 8.68. The molecular formula is C19H16FNO5S. The minimum Gasteiger partial charge on any atom is -0.463 e. The lowest BCUT2D eigenvalue weighted by molar-refractivity contribution is -0.145. The van der Waals surface area contributed by atoms with E-state index in [1.165, 1.54) is 24.3 Å². The molecular weight excluding hydrogens is 373 g/mol. The van der Waals surface area contributed by atoms with Gasteiger partial charge in [-0.3, -0.25) is 4.79 Å². The molecule has 0 spiro atoms. The molecule has 2 aromatic rings. The van der Waals surface area contributed by atoms with Crippen LogP contribution < -0.4 is 5.32 Å². The Hall–Kier alpha value is -2.87. The van der Waals surface area contributed by atoms with Gasteiger partial charge in [0.1, 0.15) is 5.82 Å². The molecule has 1 aliphatic heterocycles. The highest BCUT2D eigenvalue weighted by molar-refractivity contribution is 8.00. The number of halogens is 1. The predicted molar refractivity (Wildman–Crippen MR) is 97.0 cm³/mol. The van der Waals surface area contributed by atoms with Crippen LogP contribution in [0.25, 0.3) is 0 Å². The van der Waals surface area contributed by atoms with Crippen LogP contribution in [0.15, 0.2) is 53.4 Å². The van der Waals surface area contributed by atoms with Crippen LogP contribution in [0.1, 0.15) is 16.8 Å². The van der Waals surface area contributed by atoms with Gasteiger partial charge < -0.3 is 14.8 Å². The molecule has 1 heterocycles. The third-order valence-electron chi connectivity index (χ3n) is 3.73. The third kappa shape index (κ3) is 5.07. The molecule has 0 unspecified atom stereocenters. The van der Waals surface area contributed by atoms with Crippen LogP contribution >= 0.6 is 11.8 Å². The number of esters is 2. The fourth-order valence-corrected chi connectivity index (χ4v) is 3.25. The average molecular weight is 389 g/mol. The Labute approximate surface area is 159 Å². The van der Waals surface area contributed by atoms with Crippen molar-refractivity contribution < 1.29 is 28.2 Å². The summed E-state index contributed by atoms with van der Waals surface area (Å²) < 4.78 is 22.9. The summed E-state index contributed by atoms with van der Waals surface area (Å²) in [5, 5.41) is 2.65. The van der Waals surface area contributed by atoms with Crippen molar-refractivity contribution in [2.24, 2.45) is 0 Å². The van der Waals surface area contributed by atoms with Crippen LogP contribution in [-0.2, 0) is 19.1 Å². The van der Waals surface area contributed by atoms with E-state index in [-0.39, 0.29) is 29.6 Å². The lowest BCUT2D eigenvalue weighted by Crippen LogP contribution is -2.23. The number of thioether (sulfide) groups is 1. The van der Waals surface area contributed by atoms with Crippen molar-refractivity contribution in [2.45, 2.75) is 17.4 Å². The Morgan fingerprint density at radius 3 is 2.63 bits per heavy atom. The van der Waals surface area contributed by atoms with Gasteiger partial charge in [0, 0.05) is 17.0 Å². The van der Waals surface area contributed by atoms with Gasteiger partial charge in [-0.15, -0.1) is 11.8 Å². The first kappa shape index (κ1) is 18.9. The number of cyclic esters (lactones) is 1. The number of carbonyl (C=O) groups excluding carboxylic acids is 3. The first-order valence-electron chi connectivity index (χ1n) is 8.18. The van der Waals surface area contributed by atoms with Gasteiger partial charge in [0.15, 0.2) is 0 Å². The summed E-state index contributed by atoms with van der Waals surface area (Å²) in [4.78, 5) is 36.4. The minimum atomic E-state index is -0.891. The molecule has 6 nitrogen and oxygen atoms in total. The molecule has 0 saturated carbocycles. The molecule has 1 aliphatic rings. The highest BCUT2D eigenvalue weighted by atomic mass is 32.2. The third-order valence-corrected chi connectivity index (χ3v) is 4.80. The van der Waals surface area contributed by atoms with E-state index in [9.17, 15) is 18.8 Å². The van der Waals surface area contributed by atoms with E-state index in [4.69, 9.17) is 9.47 Å². The molecule has 1 N–H and O–H groups in total. The lowest BCUT2D eigenvalue weighted by Gasteiger charge is -2.11. The van der Waals surface area contributed by atoms with Crippen LogP contribution in [0.5, 0.6) is 0 Å². The van der Waals surface area contributed by atoms with Crippen LogP contribution in [0.4, 0.5) is 10.1 Å². The SMILES string of the molecule is O=C(CSc1ccccc1C(=O)O[C@@H]1CCOC1=O)Nc1ccc(F)cc1. The number of carbonyl (C=O) groups is 3. The minimum absolute atomic E-state index is 0.0487. The second-order valence-electron chi connectivity index (χ2n) is 5.69. The molecule has 1 fully saturated rings. The number of benzene rings is 2. The largest absolute Gasteiger partial charge is 0.463 e. The highest BCUT2D eigenvalue weighted by Gasteiger charge is 2.31. The number of anilines is 1. The lowest BCUT2D eigenvalue weighted by atomic mass is 10.2. The first-order valence-corrected chi connectivity index (χ1v) is 9.16. The number of nitrogens with one attached hydrogen (secondary N) is 1. The molecule has 8 heteroatoms. The van der Waals surface area contributed by atoms with Crippen molar-refractivity contribution in [1.82, 2.24) is 0 Å². The van der Waals surface area contributed by atoms with Gasteiger partial charge in [0.25, 0.3) is 0 Å². The number of ether oxygens (including phenoxy) is 2. The van der Waals surface area contributed by atoms with Gasteiger partial charge in [0.05, 0.1) is 17.9 Å². The number of rotatable bonds is 6. The summed E-state index contributed by atoms with van der Waals surface area (Å²) in [6, 6.07) is 12.1. The molecule has 0 aromatic heterocycles. The Kier molecular flexibility index (Phi) is 6.08. The van der Waals surface area contributed by atoms with Crippen molar-refractivity contribution in [2.75, 3.05) is 17.7 Å². The van der Waals surface area contributed by atoms with E-state index in [0.717, 1.165) is 11.8 Å². The second-order valence-corrected chi connectivity index (χ2v) is 6.71. The zero-order valence-electron chi connectivity index (χ0n) is 14.1. The Morgan fingerprint density at radius 1 is 1.19 bits per heavy atom. The van der Waals surface area contributed by atoms with Crippen LogP contribution in [0, 0.1) is 5.82 Å². The molecule has 0 bridgehead atoms. The molecule has 1 amide bonds. The van der Waals surface area contributed by atoms with Crippen LogP contribution in [0.2, 0.25) is 0 Å². The molecule has 0 aliphatic carbocycles. The topological polar surface area (TPSA) is 81.7 Å². The monoisotopic (exact) mass is 389 g/mol. The van der Waals surface area contributed by atoms with Crippen molar-refractivity contribution in [3.63, 3.8) is 0 Å². The van der Waals surface area contributed by atoms with Gasteiger partial charge in [-0.05, 0) is 36.4 Å². The first-order chi connectivity index (χ1) is 13.0. The smallest absolute Gasteiger partial charge is 0.347 e. The highest BCUT2D eigenvalue weighted by Crippen LogP contribution is 2.25. The molecule has 0 radical (unpaired) electrons. The summed E-state index contributed by atoms with van der Waals surface area (Å²) in [7, 11) is 0. The standard InChI is InChI=1S/C19H16FNO5S/c20-12-5-7-13(8-6-12)21-17(22)11-27-16-4-2-1-3-14(16)18(23)26-15-9-10-25-19(15)24/h1-8,15H,9-11H2,(H,21,22)/t15-/m1/s1. The Balaban J connectivity index is 1.60. The maximum absolute atomic E-state index is 12.9. The van der Waals surface area contributed by atoms with Crippen LogP contribution in [-0.4, -0.2) is 36.3 Å². The van der Waals surface area contributed by atoms with E-state index >= 15 is 0 Å². The summed E-state index contributed by atoms with van der Waals surface area (Å²) in [6.45, 7) is 0.233. The van der Waals surface area contributed by atoms with Crippen LogP contribution in [0.3, 0.4) is 0 Å². The summed E-state index contributed by atoms with van der Waals surface area (Å²) >= 11 is 1.16. The van der Waals surface area contributed by atoms with Crippen molar-refractivity contribution >= 4 is 35.3 Å². The number of amides is 1. The number of hydrogen-bond acceptors (Lipinski definition) is 6. The molecule has 2 aromatic carbocycles. The summed E-state index contributed by atoms with van der Waals surface area (Å²) in [6.07, 6.45) is -0.558. The number of hydrogen-bond donors (Lipinski definition) is 1. The predicted octanol–water partition coefficient (Wildman–Crippen LogP) is 3.03. The van der Waals surface area contributed by atoms with E-state index in [1.54, 1.807) is 24.3 Å². The molecule has 1 saturated heterocycles. The molecule has 27 heavy (non-hydrogen) atoms. The van der Waals surface area contributed by atoms with E-state index in [1.807, 2.05) is 0 Å². The van der Waals surface area contributed by atoms with Gasteiger partial charge in [-0.2, -0.15) is 0 Å². The quantitative estimate of drug-likeness (QED) is 0.604. The Bertz CT molecular complexity index is 855. The summed E-state index contributed by atoms with van der Waals surface area (Å²) in [5.74, 6) is -1.82. The van der Waals surface area contributed by atoms with Gasteiger partial charge in [0.2, 0.25) is 12.0 Å². The maximum Gasteiger partial charge on any atom is 0.347 e. The Morgan fingerprint density at radius 2 is 1.93 bits per heavy atom. The van der Waals surface area contributed by atoms with E-state index < -0.39 is 18.0 Å². The fourth-order valence-electron chi connectivity index (χ4n) is 2.41. The summed E-state index contributed by atoms with van der Waals surface area (Å²) in [5.41, 5.74) is 0.756. The van der Waals surface area contributed by atoms with Gasteiger partial charge in [-0.1, -0.05) is 12.1 Å². The van der Waals surface area contributed by atoms with E-state index in [0.29, 0.717) is 17.0 Å². The van der Waals surface area contributed by atoms with Gasteiger partial charge in [-0.25, -0.2) is 14.0 Å². The molecule has 140 valence electrons. The van der Waals surface area contributed by atoms with E-state index in [2.05, 4.69) is 5.32 Å². The zero-order chi connectivity index (χ0) is 19.2.